The number of unbranched alkanes of at least 4 members (excludes halogenated alkanes) is 1. The summed E-state index contributed by atoms with van der Waals surface area (Å²) in [7, 11) is 2.22. The highest BCUT2D eigenvalue weighted by molar-refractivity contribution is 7.17. The summed E-state index contributed by atoms with van der Waals surface area (Å²) in [5, 5.41) is 1.87. The molecule has 2 aromatic carbocycles. The monoisotopic (exact) mass is 673 g/mol. The first-order valence-electron chi connectivity index (χ1n) is 17.1. The zero-order valence-electron chi connectivity index (χ0n) is 29.1. The minimum absolute atomic E-state index is 0.711. The van der Waals surface area contributed by atoms with Crippen LogP contribution in [0.4, 0.5) is 5.00 Å². The van der Waals surface area contributed by atoms with Gasteiger partial charge in [-0.2, -0.15) is 0 Å². The smallest absolute Gasteiger partial charge is 0.105 e. The molecule has 1 aliphatic heterocycles. The van der Waals surface area contributed by atoms with Gasteiger partial charge in [0.2, 0.25) is 0 Å². The molecule has 1 aliphatic carbocycles. The molecule has 248 valence electrons. The van der Waals surface area contributed by atoms with Crippen molar-refractivity contribution in [3.05, 3.63) is 123 Å². The van der Waals surface area contributed by atoms with Crippen molar-refractivity contribution in [1.29, 1.82) is 0 Å². The third kappa shape index (κ3) is 8.56. The zero-order chi connectivity index (χ0) is 34.2. The van der Waals surface area contributed by atoms with E-state index in [9.17, 15) is 0 Å². The van der Waals surface area contributed by atoms with E-state index < -0.39 is 0 Å². The van der Waals surface area contributed by atoms with Gasteiger partial charge in [-0.1, -0.05) is 86.5 Å². The fraction of sp³-hybridized carbons (Fsp3) is 0.349. The Morgan fingerprint density at radius 3 is 2.56 bits per heavy atom. The van der Waals surface area contributed by atoms with Gasteiger partial charge in [0, 0.05) is 60.5 Å². The summed E-state index contributed by atoms with van der Waals surface area (Å²) in [6.07, 6.45) is 10.7. The second-order valence-corrected chi connectivity index (χ2v) is 14.3. The highest BCUT2D eigenvalue weighted by Gasteiger charge is 2.27. The van der Waals surface area contributed by atoms with Gasteiger partial charge in [0.05, 0.1) is 10.6 Å². The van der Waals surface area contributed by atoms with E-state index in [4.69, 9.17) is 11.6 Å². The van der Waals surface area contributed by atoms with Crippen LogP contribution in [0.15, 0.2) is 79.7 Å². The van der Waals surface area contributed by atoms with E-state index in [1.807, 2.05) is 30.3 Å². The van der Waals surface area contributed by atoms with Gasteiger partial charge in [-0.25, -0.2) is 0 Å². The van der Waals surface area contributed by atoms with E-state index in [0.29, 0.717) is 6.04 Å². The molecule has 0 spiro atoms. The molecule has 5 rings (SSSR count). The molecule has 3 nitrogen and oxygen atoms in total. The fourth-order valence-electron chi connectivity index (χ4n) is 6.24. The van der Waals surface area contributed by atoms with Crippen molar-refractivity contribution in [2.24, 2.45) is 0 Å². The first-order chi connectivity index (χ1) is 23.2. The van der Waals surface area contributed by atoms with Gasteiger partial charge >= 0.3 is 0 Å². The maximum Gasteiger partial charge on any atom is 0.105 e. The van der Waals surface area contributed by atoms with E-state index in [1.165, 1.54) is 24.0 Å². The Bertz CT molecular complexity index is 1820. The molecule has 0 amide bonds. The van der Waals surface area contributed by atoms with Crippen LogP contribution in [0.5, 0.6) is 0 Å². The molecule has 2 aliphatic rings. The standard InChI is InChI=1S/C43H48ClN3S/c1-8-27-47(31(3)4)43-42(32(5)35-19-21-37(44)22-20-35)33(6)41(48-43)26-25-39-18-14-29-46(39)28-12-10-11-15-36-17-13-16-34(9-2)40(36)30-45(7)38-23-24-38/h9,13,16-22,38H,2-3,5,8,10,12,14,23-24,27-30H2,1,4,6-7H3. The number of benzene rings is 2. The van der Waals surface area contributed by atoms with Crippen LogP contribution in [-0.4, -0.2) is 42.5 Å². The Labute approximate surface area is 298 Å². The first-order valence-corrected chi connectivity index (χ1v) is 18.3. The number of thiophene rings is 1. The van der Waals surface area contributed by atoms with Crippen molar-refractivity contribution in [3.63, 3.8) is 0 Å². The molecule has 0 radical (unpaired) electrons. The Hall–Kier alpha value is -3.93. The molecular weight excluding hydrogens is 626 g/mol. The van der Waals surface area contributed by atoms with Crippen molar-refractivity contribution in [2.75, 3.05) is 31.6 Å². The maximum atomic E-state index is 6.21. The molecular formula is C43H48ClN3S. The highest BCUT2D eigenvalue weighted by Crippen LogP contribution is 2.43. The lowest BCUT2D eigenvalue weighted by molar-refractivity contribution is 0.316. The Morgan fingerprint density at radius 2 is 1.88 bits per heavy atom. The van der Waals surface area contributed by atoms with Crippen molar-refractivity contribution in [1.82, 2.24) is 9.80 Å². The molecule has 48 heavy (non-hydrogen) atoms. The molecule has 1 fully saturated rings. The lowest BCUT2D eigenvalue weighted by atomic mass is 9.97. The van der Waals surface area contributed by atoms with E-state index in [1.54, 1.807) is 11.3 Å². The average Bonchev–Trinajstić information content (AvgIpc) is 3.76. The van der Waals surface area contributed by atoms with Crippen molar-refractivity contribution in [2.45, 2.75) is 71.9 Å². The number of allylic oxidation sites excluding steroid dienone is 2. The third-order valence-electron chi connectivity index (χ3n) is 9.12. The molecule has 5 heteroatoms. The van der Waals surface area contributed by atoms with Crippen molar-refractivity contribution in [3.8, 4) is 23.7 Å². The first kappa shape index (κ1) is 35.4. The number of nitrogens with zero attached hydrogens (tertiary/aromatic N) is 3. The number of rotatable bonds is 13. The minimum atomic E-state index is 0.711. The molecule has 1 saturated carbocycles. The fourth-order valence-corrected chi connectivity index (χ4v) is 7.65. The summed E-state index contributed by atoms with van der Waals surface area (Å²) in [4.78, 5) is 8.24. The summed E-state index contributed by atoms with van der Waals surface area (Å²) < 4.78 is 0. The summed E-state index contributed by atoms with van der Waals surface area (Å²) in [5.41, 5.74) is 10.1. The van der Waals surface area contributed by atoms with Crippen molar-refractivity contribution < 1.29 is 0 Å². The summed E-state index contributed by atoms with van der Waals surface area (Å²) in [5.74, 6) is 14.1. The SMILES string of the molecule is C=Cc1cccc(C#CCCCN2CCC=C2C#Cc2sc(N(CCC)C(=C)C)c(C(=C)c3ccc(Cl)cc3)c2C)c1CN(C)C1CC1. The second kappa shape index (κ2) is 16.5. The van der Waals surface area contributed by atoms with Crippen LogP contribution in [0.3, 0.4) is 0 Å². The van der Waals surface area contributed by atoms with Crippen LogP contribution in [0.25, 0.3) is 11.6 Å². The number of hydrogen-bond donors (Lipinski definition) is 0. The summed E-state index contributed by atoms with van der Waals surface area (Å²) in [6.45, 7) is 23.1. The molecule has 0 bridgehead atoms. The number of hydrogen-bond acceptors (Lipinski definition) is 4. The Kier molecular flexibility index (Phi) is 12.1. The van der Waals surface area contributed by atoms with Crippen LogP contribution >= 0.6 is 22.9 Å². The summed E-state index contributed by atoms with van der Waals surface area (Å²) >= 11 is 7.94. The van der Waals surface area contributed by atoms with Gasteiger partial charge < -0.3 is 9.80 Å². The quantitative estimate of drug-likeness (QED) is 0.132. The largest absolute Gasteiger partial charge is 0.365 e. The topological polar surface area (TPSA) is 9.72 Å². The lowest BCUT2D eigenvalue weighted by Crippen LogP contribution is -2.21. The van der Waals surface area contributed by atoms with E-state index in [-0.39, 0.29) is 0 Å². The zero-order valence-corrected chi connectivity index (χ0v) is 30.7. The molecule has 1 aromatic heterocycles. The van der Waals surface area contributed by atoms with Crippen LogP contribution < -0.4 is 4.90 Å². The van der Waals surface area contributed by atoms with E-state index >= 15 is 0 Å². The van der Waals surface area contributed by atoms with Gasteiger partial charge in [-0.15, -0.1) is 11.3 Å². The highest BCUT2D eigenvalue weighted by atomic mass is 35.5. The number of anilines is 1. The third-order valence-corrected chi connectivity index (χ3v) is 10.6. The van der Waals surface area contributed by atoms with Crippen LogP contribution in [0.2, 0.25) is 5.02 Å². The molecule has 0 atom stereocenters. The van der Waals surface area contributed by atoms with E-state index in [2.05, 4.69) is 110 Å². The van der Waals surface area contributed by atoms with E-state index in [0.717, 1.165) is 106 Å². The maximum absolute atomic E-state index is 6.21. The van der Waals surface area contributed by atoms with Crippen LogP contribution in [0.1, 0.15) is 90.6 Å². The predicted octanol–water partition coefficient (Wildman–Crippen LogP) is 10.5. The normalized spacial score (nSPS) is 13.8. The van der Waals surface area contributed by atoms with Crippen molar-refractivity contribution >= 4 is 39.6 Å². The molecule has 2 heterocycles. The van der Waals surface area contributed by atoms with Gasteiger partial charge in [0.1, 0.15) is 5.00 Å². The Morgan fingerprint density at radius 1 is 1.10 bits per heavy atom. The molecule has 0 N–H and O–H groups in total. The molecule has 0 saturated heterocycles. The lowest BCUT2D eigenvalue weighted by Gasteiger charge is -2.25. The number of halogens is 1. The van der Waals surface area contributed by atoms with Gasteiger partial charge in [0.25, 0.3) is 0 Å². The predicted molar refractivity (Wildman–Crippen MR) is 209 cm³/mol. The molecule has 3 aromatic rings. The molecule has 0 unspecified atom stereocenters. The van der Waals surface area contributed by atoms with Crippen LogP contribution in [0, 0.1) is 30.6 Å². The van der Waals surface area contributed by atoms with Gasteiger partial charge in [-0.3, -0.25) is 4.90 Å². The summed E-state index contributed by atoms with van der Waals surface area (Å²) in [6, 6.07) is 15.0. The van der Waals surface area contributed by atoms with Crippen LogP contribution in [-0.2, 0) is 6.54 Å². The minimum Gasteiger partial charge on any atom is -0.365 e. The van der Waals surface area contributed by atoms with Gasteiger partial charge in [-0.05, 0) is 111 Å². The average molecular weight is 674 g/mol. The second-order valence-electron chi connectivity index (χ2n) is 12.9. The van der Waals surface area contributed by atoms with Gasteiger partial charge in [0.15, 0.2) is 0 Å². The Balaban J connectivity index is 1.29.